The third-order valence-electron chi connectivity index (χ3n) is 3.78. The van der Waals surface area contributed by atoms with Gasteiger partial charge in [-0.25, -0.2) is 19.2 Å². The molecule has 0 bridgehead atoms. The molecule has 0 aliphatic carbocycles. The molecular weight excluding hydrogens is 278 g/mol. The second-order valence-electron chi connectivity index (χ2n) is 5.01. The van der Waals surface area contributed by atoms with E-state index in [9.17, 15) is 9.90 Å². The van der Waals surface area contributed by atoms with E-state index in [4.69, 9.17) is 9.84 Å². The molecule has 1 saturated heterocycles. The van der Waals surface area contributed by atoms with E-state index in [1.165, 1.54) is 16.9 Å². The van der Waals surface area contributed by atoms with E-state index in [0.717, 1.165) is 0 Å². The van der Waals surface area contributed by atoms with E-state index in [1.807, 2.05) is 0 Å². The molecule has 0 saturated carbocycles. The molecule has 3 aromatic heterocycles. The topological polar surface area (TPSA) is 118 Å². The van der Waals surface area contributed by atoms with Crippen LogP contribution in [-0.4, -0.2) is 52.9 Å². The number of aromatic amines is 1. The molecule has 3 atom stereocenters. The number of aliphatic hydroxyl groups excluding tert-OH is 2. The van der Waals surface area contributed by atoms with E-state index < -0.39 is 18.4 Å². The number of ether oxygens (including phenoxy) is 1. The highest BCUT2D eigenvalue weighted by Crippen LogP contribution is 2.30. The Bertz CT molecular complexity index is 865. The first-order valence-corrected chi connectivity index (χ1v) is 6.55. The first-order chi connectivity index (χ1) is 10.2. The van der Waals surface area contributed by atoms with E-state index in [0.29, 0.717) is 23.2 Å². The summed E-state index contributed by atoms with van der Waals surface area (Å²) in [5.41, 5.74) is 1.17. The quantitative estimate of drug-likeness (QED) is 0.558. The Kier molecular flexibility index (Phi) is 2.61. The van der Waals surface area contributed by atoms with Crippen molar-refractivity contribution in [2.75, 3.05) is 6.61 Å². The van der Waals surface area contributed by atoms with Gasteiger partial charge in [0, 0.05) is 18.8 Å². The molecule has 110 valence electrons. The summed E-state index contributed by atoms with van der Waals surface area (Å²) in [5, 5.41) is 19.0. The van der Waals surface area contributed by atoms with Crippen molar-refractivity contribution < 1.29 is 14.9 Å². The van der Waals surface area contributed by atoms with Crippen molar-refractivity contribution in [3.8, 4) is 0 Å². The highest BCUT2D eigenvalue weighted by atomic mass is 16.5. The molecule has 9 nitrogen and oxygen atoms in total. The van der Waals surface area contributed by atoms with Gasteiger partial charge in [0.05, 0.1) is 19.0 Å². The molecule has 0 spiro atoms. The third-order valence-corrected chi connectivity index (χ3v) is 3.78. The van der Waals surface area contributed by atoms with Crippen molar-refractivity contribution >= 4 is 16.8 Å². The smallest absolute Gasteiger partial charge is 0.332 e. The van der Waals surface area contributed by atoms with Crippen LogP contribution in [0.2, 0.25) is 0 Å². The maximum absolute atomic E-state index is 12.0. The number of nitrogens with zero attached hydrogens (tertiary/aromatic N) is 4. The van der Waals surface area contributed by atoms with Crippen molar-refractivity contribution in [2.24, 2.45) is 0 Å². The molecule has 1 fully saturated rings. The van der Waals surface area contributed by atoms with Crippen LogP contribution in [0.1, 0.15) is 12.6 Å². The van der Waals surface area contributed by atoms with Crippen LogP contribution in [0.15, 0.2) is 23.5 Å². The molecule has 9 heteroatoms. The van der Waals surface area contributed by atoms with Crippen LogP contribution in [0.5, 0.6) is 0 Å². The van der Waals surface area contributed by atoms with Gasteiger partial charge in [-0.2, -0.15) is 0 Å². The molecule has 4 rings (SSSR count). The van der Waals surface area contributed by atoms with Gasteiger partial charge < -0.3 is 14.9 Å². The summed E-state index contributed by atoms with van der Waals surface area (Å²) in [6.07, 6.45) is 3.07. The third kappa shape index (κ3) is 1.71. The zero-order valence-electron chi connectivity index (χ0n) is 10.9. The molecule has 21 heavy (non-hydrogen) atoms. The van der Waals surface area contributed by atoms with Crippen molar-refractivity contribution in [1.29, 1.82) is 0 Å². The minimum absolute atomic E-state index is 0.259. The molecule has 3 N–H and O–H groups in total. The zero-order chi connectivity index (χ0) is 14.6. The van der Waals surface area contributed by atoms with Gasteiger partial charge in [0.15, 0.2) is 5.65 Å². The average Bonchev–Trinajstić information content (AvgIpc) is 3.15. The minimum Gasteiger partial charge on any atom is -0.394 e. The van der Waals surface area contributed by atoms with E-state index in [1.54, 1.807) is 10.8 Å². The van der Waals surface area contributed by atoms with Gasteiger partial charge in [-0.3, -0.25) is 9.55 Å². The van der Waals surface area contributed by atoms with Gasteiger partial charge in [-0.05, 0) is 0 Å². The SMILES string of the molecule is O=c1[nH]c2c(ncn2[C@H]2C[C@H](O)[C@@H](CO)O2)c2nccn12. The molecule has 1 aliphatic heterocycles. The monoisotopic (exact) mass is 291 g/mol. The lowest BCUT2D eigenvalue weighted by Gasteiger charge is -2.13. The number of fused-ring (bicyclic) bond motifs is 3. The molecule has 0 aromatic carbocycles. The van der Waals surface area contributed by atoms with Crippen LogP contribution in [0.25, 0.3) is 16.8 Å². The van der Waals surface area contributed by atoms with Crippen LogP contribution in [0, 0.1) is 0 Å². The molecule has 0 unspecified atom stereocenters. The van der Waals surface area contributed by atoms with Crippen LogP contribution in [-0.2, 0) is 4.74 Å². The standard InChI is InChI=1S/C12H13N5O4/c18-4-7-6(19)3-8(21-7)17-5-14-9-10-13-1-2-16(10)12(20)15-11(9)17/h1-2,5-8,18-19H,3-4H2,(H,15,20)/t6-,7+,8+/m0/s1. The first-order valence-electron chi connectivity index (χ1n) is 6.55. The fraction of sp³-hybridized carbons (Fsp3) is 0.417. The van der Waals surface area contributed by atoms with Crippen LogP contribution >= 0.6 is 0 Å². The number of nitrogens with one attached hydrogen (secondary N) is 1. The summed E-state index contributed by atoms with van der Waals surface area (Å²) in [6, 6.07) is 0. The summed E-state index contributed by atoms with van der Waals surface area (Å²) in [5.74, 6) is 0. The largest absolute Gasteiger partial charge is 0.394 e. The molecule has 0 amide bonds. The Morgan fingerprint density at radius 1 is 1.48 bits per heavy atom. The lowest BCUT2D eigenvalue weighted by atomic mass is 10.2. The fourth-order valence-electron chi connectivity index (χ4n) is 2.72. The second-order valence-corrected chi connectivity index (χ2v) is 5.01. The highest BCUT2D eigenvalue weighted by molar-refractivity contribution is 5.85. The summed E-state index contributed by atoms with van der Waals surface area (Å²) in [7, 11) is 0. The Labute approximate surface area is 117 Å². The number of hydrogen-bond acceptors (Lipinski definition) is 6. The molecule has 3 aromatic rings. The van der Waals surface area contributed by atoms with Crippen molar-refractivity contribution in [2.45, 2.75) is 24.9 Å². The predicted octanol–water partition coefficient (Wildman–Crippen LogP) is -0.987. The first kappa shape index (κ1) is 12.5. The highest BCUT2D eigenvalue weighted by Gasteiger charge is 2.35. The number of aromatic nitrogens is 5. The molecular formula is C12H13N5O4. The van der Waals surface area contributed by atoms with Crippen LogP contribution in [0.3, 0.4) is 0 Å². The fourth-order valence-corrected chi connectivity index (χ4v) is 2.72. The van der Waals surface area contributed by atoms with Gasteiger partial charge in [0.25, 0.3) is 0 Å². The Morgan fingerprint density at radius 3 is 3.10 bits per heavy atom. The minimum atomic E-state index is -0.751. The number of aliphatic hydroxyl groups is 2. The van der Waals surface area contributed by atoms with Crippen molar-refractivity contribution in [3.63, 3.8) is 0 Å². The molecule has 4 heterocycles. The van der Waals surface area contributed by atoms with E-state index in [2.05, 4.69) is 15.0 Å². The maximum atomic E-state index is 12.0. The second kappa shape index (κ2) is 4.38. The van der Waals surface area contributed by atoms with Gasteiger partial charge in [0.1, 0.15) is 23.5 Å². The Morgan fingerprint density at radius 2 is 2.33 bits per heavy atom. The normalized spacial score (nSPS) is 26.1. The van der Waals surface area contributed by atoms with Gasteiger partial charge in [0.2, 0.25) is 0 Å². The lowest BCUT2D eigenvalue weighted by Crippen LogP contribution is -2.24. The lowest BCUT2D eigenvalue weighted by molar-refractivity contribution is -0.0432. The van der Waals surface area contributed by atoms with Gasteiger partial charge >= 0.3 is 5.69 Å². The van der Waals surface area contributed by atoms with Gasteiger partial charge in [-0.15, -0.1) is 0 Å². The van der Waals surface area contributed by atoms with E-state index >= 15 is 0 Å². The van der Waals surface area contributed by atoms with E-state index in [-0.39, 0.29) is 12.3 Å². The summed E-state index contributed by atoms with van der Waals surface area (Å²) in [4.78, 5) is 23.1. The summed E-state index contributed by atoms with van der Waals surface area (Å²) < 4.78 is 8.60. The van der Waals surface area contributed by atoms with Crippen molar-refractivity contribution in [1.82, 2.24) is 23.9 Å². The summed E-state index contributed by atoms with van der Waals surface area (Å²) >= 11 is 0. The van der Waals surface area contributed by atoms with Gasteiger partial charge in [-0.1, -0.05) is 0 Å². The zero-order valence-corrected chi connectivity index (χ0v) is 10.9. The number of H-pyrrole nitrogens is 1. The molecule has 0 radical (unpaired) electrons. The number of rotatable bonds is 2. The summed E-state index contributed by atoms with van der Waals surface area (Å²) in [6.45, 7) is -0.259. The Balaban J connectivity index is 1.87. The molecule has 1 aliphatic rings. The number of hydrogen-bond donors (Lipinski definition) is 3. The average molecular weight is 291 g/mol. The van der Waals surface area contributed by atoms with Crippen molar-refractivity contribution in [3.05, 3.63) is 29.2 Å². The maximum Gasteiger partial charge on any atom is 0.332 e. The number of imidazole rings is 2. The predicted molar refractivity (Wildman–Crippen MR) is 70.7 cm³/mol. The Hall–Kier alpha value is -2.23. The van der Waals surface area contributed by atoms with Crippen LogP contribution in [0.4, 0.5) is 0 Å². The van der Waals surface area contributed by atoms with Crippen LogP contribution < -0.4 is 5.69 Å².